The van der Waals surface area contributed by atoms with Crippen molar-refractivity contribution in [3.05, 3.63) is 29.6 Å². The highest BCUT2D eigenvalue weighted by molar-refractivity contribution is 5.85. The first-order valence-electron chi connectivity index (χ1n) is 6.25. The first kappa shape index (κ1) is 15.4. The van der Waals surface area contributed by atoms with Crippen molar-refractivity contribution < 1.29 is 13.9 Å². The lowest BCUT2D eigenvalue weighted by Crippen LogP contribution is -2.27. The zero-order valence-corrected chi connectivity index (χ0v) is 11.8. The van der Waals surface area contributed by atoms with E-state index in [-0.39, 0.29) is 5.82 Å². The molecule has 1 aromatic carbocycles. The molecule has 0 fully saturated rings. The Balaban J connectivity index is 2.79. The summed E-state index contributed by atoms with van der Waals surface area (Å²) in [6.07, 6.45) is 0.0872. The summed E-state index contributed by atoms with van der Waals surface area (Å²) in [5.41, 5.74) is 0.751. The highest BCUT2D eigenvalue weighted by atomic mass is 19.1. The second-order valence-electron chi connectivity index (χ2n) is 5.28. The maximum atomic E-state index is 13.2. The van der Waals surface area contributed by atoms with Crippen molar-refractivity contribution in [1.82, 2.24) is 5.32 Å². The van der Waals surface area contributed by atoms with Crippen molar-refractivity contribution in [2.24, 2.45) is 0 Å². The van der Waals surface area contributed by atoms with E-state index >= 15 is 0 Å². The SMILES string of the molecule is CNCCc1cc(F)ccc1NC(=O)OC(C)(C)C. The molecule has 0 radical (unpaired) electrons. The molecule has 1 rings (SSSR count). The van der Waals surface area contributed by atoms with E-state index in [2.05, 4.69) is 10.6 Å². The molecule has 0 saturated carbocycles. The lowest BCUT2D eigenvalue weighted by atomic mass is 10.1. The zero-order chi connectivity index (χ0) is 14.5. The highest BCUT2D eigenvalue weighted by Gasteiger charge is 2.17. The van der Waals surface area contributed by atoms with Crippen LogP contribution in [0.2, 0.25) is 0 Å². The van der Waals surface area contributed by atoms with Crippen molar-refractivity contribution in [2.75, 3.05) is 18.9 Å². The molecule has 106 valence electrons. The number of hydrogen-bond acceptors (Lipinski definition) is 3. The van der Waals surface area contributed by atoms with Crippen LogP contribution in [-0.2, 0) is 11.2 Å². The van der Waals surface area contributed by atoms with Gasteiger partial charge in [0.25, 0.3) is 0 Å². The number of carbonyl (C=O) groups excluding carboxylic acids is 1. The van der Waals surface area contributed by atoms with Gasteiger partial charge in [-0.05, 0) is 64.5 Å². The van der Waals surface area contributed by atoms with Crippen LogP contribution in [0.4, 0.5) is 14.9 Å². The van der Waals surface area contributed by atoms with Crippen LogP contribution in [-0.4, -0.2) is 25.3 Å². The van der Waals surface area contributed by atoms with Gasteiger partial charge in [0.15, 0.2) is 0 Å². The molecule has 5 heteroatoms. The molecule has 0 aliphatic rings. The molecule has 19 heavy (non-hydrogen) atoms. The van der Waals surface area contributed by atoms with Gasteiger partial charge in [0.1, 0.15) is 11.4 Å². The second kappa shape index (κ2) is 6.52. The standard InChI is InChI=1S/C14H21FN2O2/c1-14(2,3)19-13(18)17-12-6-5-11(15)9-10(12)7-8-16-4/h5-6,9,16H,7-8H2,1-4H3,(H,17,18). The molecular weight excluding hydrogens is 247 g/mol. The molecule has 0 saturated heterocycles. The number of likely N-dealkylation sites (N-methyl/N-ethyl adjacent to an activating group) is 1. The summed E-state index contributed by atoms with van der Waals surface area (Å²) >= 11 is 0. The van der Waals surface area contributed by atoms with Crippen LogP contribution in [0, 0.1) is 5.82 Å². The predicted molar refractivity (Wildman–Crippen MR) is 73.9 cm³/mol. The van der Waals surface area contributed by atoms with E-state index in [0.29, 0.717) is 18.7 Å². The topological polar surface area (TPSA) is 50.4 Å². The Labute approximate surface area is 113 Å². The van der Waals surface area contributed by atoms with Gasteiger partial charge in [-0.1, -0.05) is 0 Å². The highest BCUT2D eigenvalue weighted by Crippen LogP contribution is 2.19. The van der Waals surface area contributed by atoms with Gasteiger partial charge in [0.05, 0.1) is 0 Å². The monoisotopic (exact) mass is 268 g/mol. The third-order valence-corrected chi connectivity index (χ3v) is 2.35. The largest absolute Gasteiger partial charge is 0.444 e. The van der Waals surface area contributed by atoms with Crippen LogP contribution in [0.1, 0.15) is 26.3 Å². The van der Waals surface area contributed by atoms with E-state index in [4.69, 9.17) is 4.74 Å². The minimum Gasteiger partial charge on any atom is -0.444 e. The van der Waals surface area contributed by atoms with Crippen LogP contribution in [0.15, 0.2) is 18.2 Å². The van der Waals surface area contributed by atoms with E-state index in [1.165, 1.54) is 12.1 Å². The number of carbonyl (C=O) groups is 1. The Morgan fingerprint density at radius 1 is 1.37 bits per heavy atom. The van der Waals surface area contributed by atoms with Crippen LogP contribution >= 0.6 is 0 Å². The molecule has 1 amide bonds. The summed E-state index contributed by atoms with van der Waals surface area (Å²) < 4.78 is 18.4. The number of hydrogen-bond donors (Lipinski definition) is 2. The summed E-state index contributed by atoms with van der Waals surface area (Å²) in [6, 6.07) is 4.28. The number of ether oxygens (including phenoxy) is 1. The molecule has 2 N–H and O–H groups in total. The number of rotatable bonds is 4. The van der Waals surface area contributed by atoms with E-state index in [9.17, 15) is 9.18 Å². The van der Waals surface area contributed by atoms with Gasteiger partial charge in [-0.25, -0.2) is 9.18 Å². The van der Waals surface area contributed by atoms with Gasteiger partial charge in [0.2, 0.25) is 0 Å². The Kier molecular flexibility index (Phi) is 5.30. The van der Waals surface area contributed by atoms with Gasteiger partial charge in [0, 0.05) is 5.69 Å². The summed E-state index contributed by atoms with van der Waals surface area (Å²) in [7, 11) is 1.82. The van der Waals surface area contributed by atoms with Gasteiger partial charge >= 0.3 is 6.09 Å². The molecular formula is C14H21FN2O2. The molecule has 0 aliphatic heterocycles. The average Bonchev–Trinajstić information content (AvgIpc) is 2.27. The number of anilines is 1. The van der Waals surface area contributed by atoms with Crippen LogP contribution in [0.5, 0.6) is 0 Å². The smallest absolute Gasteiger partial charge is 0.412 e. The molecule has 0 aliphatic carbocycles. The summed E-state index contributed by atoms with van der Waals surface area (Å²) in [5, 5.41) is 5.64. The quantitative estimate of drug-likeness (QED) is 0.882. The molecule has 0 unspecified atom stereocenters. The van der Waals surface area contributed by atoms with Crippen LogP contribution in [0.25, 0.3) is 0 Å². The molecule has 4 nitrogen and oxygen atoms in total. The Morgan fingerprint density at radius 3 is 2.63 bits per heavy atom. The maximum Gasteiger partial charge on any atom is 0.412 e. The first-order valence-corrected chi connectivity index (χ1v) is 6.25. The van der Waals surface area contributed by atoms with E-state index in [1.54, 1.807) is 26.8 Å². The second-order valence-corrected chi connectivity index (χ2v) is 5.28. The maximum absolute atomic E-state index is 13.2. The molecule has 1 aromatic rings. The van der Waals surface area contributed by atoms with Gasteiger partial charge in [-0.3, -0.25) is 5.32 Å². The van der Waals surface area contributed by atoms with Crippen molar-refractivity contribution in [2.45, 2.75) is 32.8 Å². The third-order valence-electron chi connectivity index (χ3n) is 2.35. The number of benzene rings is 1. The first-order chi connectivity index (χ1) is 8.81. The fraction of sp³-hybridized carbons (Fsp3) is 0.500. The Hall–Kier alpha value is -1.62. The lowest BCUT2D eigenvalue weighted by Gasteiger charge is -2.20. The van der Waals surface area contributed by atoms with Crippen molar-refractivity contribution in [3.63, 3.8) is 0 Å². The van der Waals surface area contributed by atoms with Crippen LogP contribution < -0.4 is 10.6 Å². The molecule has 0 heterocycles. The minimum atomic E-state index is -0.560. The summed E-state index contributed by atoms with van der Waals surface area (Å²) in [4.78, 5) is 11.7. The summed E-state index contributed by atoms with van der Waals surface area (Å²) in [5.74, 6) is -0.319. The number of halogens is 1. The number of amides is 1. The van der Waals surface area contributed by atoms with E-state index in [0.717, 1.165) is 5.56 Å². The minimum absolute atomic E-state index is 0.319. The van der Waals surface area contributed by atoms with Crippen molar-refractivity contribution >= 4 is 11.8 Å². The fourth-order valence-corrected chi connectivity index (χ4v) is 1.56. The third kappa shape index (κ3) is 5.70. The Morgan fingerprint density at radius 2 is 2.05 bits per heavy atom. The fourth-order valence-electron chi connectivity index (χ4n) is 1.56. The zero-order valence-electron chi connectivity index (χ0n) is 11.8. The molecule has 0 aromatic heterocycles. The molecule has 0 atom stereocenters. The van der Waals surface area contributed by atoms with E-state index in [1.807, 2.05) is 7.05 Å². The van der Waals surface area contributed by atoms with Gasteiger partial charge < -0.3 is 10.1 Å². The van der Waals surface area contributed by atoms with Crippen molar-refractivity contribution in [3.8, 4) is 0 Å². The Bertz CT molecular complexity index is 442. The predicted octanol–water partition coefficient (Wildman–Crippen LogP) is 2.93. The molecule has 0 bridgehead atoms. The van der Waals surface area contributed by atoms with E-state index < -0.39 is 11.7 Å². The van der Waals surface area contributed by atoms with Gasteiger partial charge in [-0.2, -0.15) is 0 Å². The lowest BCUT2D eigenvalue weighted by molar-refractivity contribution is 0.0635. The average molecular weight is 268 g/mol. The van der Waals surface area contributed by atoms with Crippen molar-refractivity contribution in [1.29, 1.82) is 0 Å². The number of nitrogens with one attached hydrogen (secondary N) is 2. The van der Waals surface area contributed by atoms with Gasteiger partial charge in [-0.15, -0.1) is 0 Å². The van der Waals surface area contributed by atoms with Crippen LogP contribution in [0.3, 0.4) is 0 Å². The molecule has 0 spiro atoms. The summed E-state index contributed by atoms with van der Waals surface area (Å²) in [6.45, 7) is 6.07. The normalized spacial score (nSPS) is 11.2.